The fraction of sp³-hybridized carbons (Fsp3) is 0.591. The van der Waals surface area contributed by atoms with Crippen LogP contribution >= 0.6 is 0 Å². The Bertz CT molecular complexity index is 818. The Morgan fingerprint density at radius 1 is 1.26 bits per heavy atom. The Labute approximate surface area is 161 Å². The average Bonchev–Trinajstić information content (AvgIpc) is 2.98. The molecule has 0 bridgehead atoms. The van der Waals surface area contributed by atoms with Crippen LogP contribution in [0.5, 0.6) is 0 Å². The van der Waals surface area contributed by atoms with E-state index in [4.69, 9.17) is 4.74 Å². The second kappa shape index (κ2) is 7.64. The number of benzene rings is 1. The van der Waals surface area contributed by atoms with Crippen LogP contribution in [0.25, 0.3) is 10.9 Å². The van der Waals surface area contributed by atoms with E-state index in [1.165, 1.54) is 23.1 Å². The van der Waals surface area contributed by atoms with Crippen LogP contribution in [-0.2, 0) is 17.6 Å². The number of carbonyl (C=O) groups is 1. The molecule has 5 heteroatoms. The van der Waals surface area contributed by atoms with Crippen molar-refractivity contribution in [3.05, 3.63) is 35.0 Å². The molecule has 27 heavy (non-hydrogen) atoms. The molecule has 4 rings (SSSR count). The largest absolute Gasteiger partial charge is 0.373 e. The van der Waals surface area contributed by atoms with Crippen molar-refractivity contribution in [3.63, 3.8) is 0 Å². The first-order valence-corrected chi connectivity index (χ1v) is 10.3. The molecule has 0 unspecified atom stereocenters. The normalized spacial score (nSPS) is 26.1. The Morgan fingerprint density at radius 2 is 2.04 bits per heavy atom. The molecule has 1 amide bonds. The van der Waals surface area contributed by atoms with E-state index in [9.17, 15) is 4.79 Å². The van der Waals surface area contributed by atoms with E-state index in [1.807, 2.05) is 6.07 Å². The van der Waals surface area contributed by atoms with Gasteiger partial charge in [-0.3, -0.25) is 9.69 Å². The van der Waals surface area contributed by atoms with Crippen molar-refractivity contribution >= 4 is 16.8 Å². The number of aryl methyl sites for hydroxylation is 1. The molecule has 2 heterocycles. The van der Waals surface area contributed by atoms with E-state index >= 15 is 0 Å². The van der Waals surface area contributed by atoms with Crippen LogP contribution in [0.1, 0.15) is 48.8 Å². The summed E-state index contributed by atoms with van der Waals surface area (Å²) in [6, 6.07) is 6.05. The lowest BCUT2D eigenvalue weighted by Gasteiger charge is -2.35. The van der Waals surface area contributed by atoms with Crippen molar-refractivity contribution in [1.29, 1.82) is 0 Å². The molecule has 0 saturated carbocycles. The zero-order chi connectivity index (χ0) is 19.0. The van der Waals surface area contributed by atoms with Crippen LogP contribution in [0.3, 0.4) is 0 Å². The number of H-pyrrole nitrogens is 1. The molecule has 1 saturated heterocycles. The standard InChI is InChI=1S/C22H31N3O2/c1-14-4-6-20-18(10-14)19-11-17(5-7-21(19)24-20)22(26)23-8-9-25-12-15(2)27-16(3)13-25/h5,7,11,14-16,24H,4,6,8-10,12-13H2,1-3H3,(H,23,26)/t14-,15-,16-/m1/s1. The number of aromatic nitrogens is 1. The number of ether oxygens (including phenoxy) is 1. The first kappa shape index (κ1) is 18.5. The second-order valence-electron chi connectivity index (χ2n) is 8.46. The molecule has 0 radical (unpaired) electrons. The van der Waals surface area contributed by atoms with E-state index in [2.05, 4.69) is 48.1 Å². The molecule has 1 aliphatic heterocycles. The van der Waals surface area contributed by atoms with Gasteiger partial charge >= 0.3 is 0 Å². The number of carbonyl (C=O) groups excluding carboxylic acids is 1. The van der Waals surface area contributed by atoms with Gasteiger partial charge in [0.1, 0.15) is 0 Å². The molecule has 146 valence electrons. The lowest BCUT2D eigenvalue weighted by Crippen LogP contribution is -2.47. The number of rotatable bonds is 4. The highest BCUT2D eigenvalue weighted by atomic mass is 16.5. The Balaban J connectivity index is 1.40. The third-order valence-electron chi connectivity index (χ3n) is 5.91. The topological polar surface area (TPSA) is 57.4 Å². The van der Waals surface area contributed by atoms with Gasteiger partial charge in [-0.15, -0.1) is 0 Å². The number of fused-ring (bicyclic) bond motifs is 3. The van der Waals surface area contributed by atoms with Crippen LogP contribution in [0.15, 0.2) is 18.2 Å². The maximum Gasteiger partial charge on any atom is 0.251 e. The van der Waals surface area contributed by atoms with Gasteiger partial charge in [-0.1, -0.05) is 6.92 Å². The summed E-state index contributed by atoms with van der Waals surface area (Å²) < 4.78 is 5.77. The van der Waals surface area contributed by atoms with Crippen LogP contribution in [0, 0.1) is 5.92 Å². The highest BCUT2D eigenvalue weighted by molar-refractivity contribution is 5.99. The highest BCUT2D eigenvalue weighted by Gasteiger charge is 2.22. The molecule has 1 aromatic carbocycles. The fourth-order valence-electron chi connectivity index (χ4n) is 4.63. The van der Waals surface area contributed by atoms with E-state index in [0.717, 1.165) is 43.6 Å². The van der Waals surface area contributed by atoms with Gasteiger partial charge in [0.05, 0.1) is 12.2 Å². The van der Waals surface area contributed by atoms with Gasteiger partial charge in [0, 0.05) is 48.3 Å². The van der Waals surface area contributed by atoms with Crippen molar-refractivity contribution in [2.24, 2.45) is 5.92 Å². The van der Waals surface area contributed by atoms with E-state index in [0.29, 0.717) is 12.5 Å². The summed E-state index contributed by atoms with van der Waals surface area (Å²) in [5.41, 5.74) is 4.68. The second-order valence-corrected chi connectivity index (χ2v) is 8.46. The minimum Gasteiger partial charge on any atom is -0.373 e. The molecule has 2 N–H and O–H groups in total. The van der Waals surface area contributed by atoms with Crippen molar-refractivity contribution in [2.45, 2.75) is 52.2 Å². The number of morpholine rings is 1. The molecule has 5 nitrogen and oxygen atoms in total. The summed E-state index contributed by atoms with van der Waals surface area (Å²) >= 11 is 0. The van der Waals surface area contributed by atoms with Crippen LogP contribution in [-0.4, -0.2) is 54.2 Å². The molecule has 1 aliphatic carbocycles. The van der Waals surface area contributed by atoms with Gasteiger partial charge in [-0.25, -0.2) is 0 Å². The van der Waals surface area contributed by atoms with Gasteiger partial charge < -0.3 is 15.0 Å². The zero-order valence-corrected chi connectivity index (χ0v) is 16.7. The van der Waals surface area contributed by atoms with Gasteiger partial charge in [0.15, 0.2) is 0 Å². The predicted octanol–water partition coefficient (Wildman–Crippen LogP) is 3.13. The molecule has 0 spiro atoms. The minimum atomic E-state index is 0.0186. The SMILES string of the molecule is C[C@@H]1CCc2[nH]c3ccc(C(=O)NCCN4C[C@@H](C)O[C@H](C)C4)cc3c2C1. The van der Waals surface area contributed by atoms with Crippen LogP contribution < -0.4 is 5.32 Å². The lowest BCUT2D eigenvalue weighted by atomic mass is 9.87. The van der Waals surface area contributed by atoms with Crippen molar-refractivity contribution < 1.29 is 9.53 Å². The summed E-state index contributed by atoms with van der Waals surface area (Å²) in [7, 11) is 0. The first-order valence-electron chi connectivity index (χ1n) is 10.3. The van der Waals surface area contributed by atoms with Gasteiger partial charge in [0.25, 0.3) is 5.91 Å². The van der Waals surface area contributed by atoms with E-state index < -0.39 is 0 Å². The summed E-state index contributed by atoms with van der Waals surface area (Å²) in [5, 5.41) is 4.31. The molecule has 1 aromatic heterocycles. The van der Waals surface area contributed by atoms with Crippen LogP contribution in [0.4, 0.5) is 0 Å². The van der Waals surface area contributed by atoms with Gasteiger partial charge in [0.2, 0.25) is 0 Å². The average molecular weight is 370 g/mol. The first-order chi connectivity index (χ1) is 13.0. The minimum absolute atomic E-state index is 0.0186. The molecular weight excluding hydrogens is 338 g/mol. The third kappa shape index (κ3) is 4.04. The monoisotopic (exact) mass is 369 g/mol. The third-order valence-corrected chi connectivity index (χ3v) is 5.91. The molecule has 2 aliphatic rings. The van der Waals surface area contributed by atoms with Crippen LogP contribution in [0.2, 0.25) is 0 Å². The Morgan fingerprint density at radius 3 is 2.81 bits per heavy atom. The Kier molecular flexibility index (Phi) is 5.24. The molecule has 2 aromatic rings. The summed E-state index contributed by atoms with van der Waals surface area (Å²) in [6.07, 6.45) is 3.98. The molecular formula is C22H31N3O2. The maximum absolute atomic E-state index is 12.6. The van der Waals surface area contributed by atoms with Crippen molar-refractivity contribution in [2.75, 3.05) is 26.2 Å². The lowest BCUT2D eigenvalue weighted by molar-refractivity contribution is -0.0672. The predicted molar refractivity (Wildman–Crippen MR) is 108 cm³/mol. The summed E-state index contributed by atoms with van der Waals surface area (Å²) in [6.45, 7) is 9.91. The van der Waals surface area contributed by atoms with Gasteiger partial charge in [-0.05, 0) is 62.8 Å². The smallest absolute Gasteiger partial charge is 0.251 e. The summed E-state index contributed by atoms with van der Waals surface area (Å²) in [4.78, 5) is 18.6. The number of nitrogens with one attached hydrogen (secondary N) is 2. The highest BCUT2D eigenvalue weighted by Crippen LogP contribution is 2.32. The van der Waals surface area contributed by atoms with Gasteiger partial charge in [-0.2, -0.15) is 0 Å². The fourth-order valence-corrected chi connectivity index (χ4v) is 4.63. The summed E-state index contributed by atoms with van der Waals surface area (Å²) in [5.74, 6) is 0.734. The maximum atomic E-state index is 12.6. The number of aromatic amines is 1. The molecule has 3 atom stereocenters. The van der Waals surface area contributed by atoms with E-state index in [-0.39, 0.29) is 18.1 Å². The quantitative estimate of drug-likeness (QED) is 0.871. The van der Waals surface area contributed by atoms with E-state index in [1.54, 1.807) is 0 Å². The number of amides is 1. The zero-order valence-electron chi connectivity index (χ0n) is 16.7. The number of hydrogen-bond donors (Lipinski definition) is 2. The van der Waals surface area contributed by atoms with Crippen molar-refractivity contribution in [3.8, 4) is 0 Å². The van der Waals surface area contributed by atoms with Crippen molar-refractivity contribution in [1.82, 2.24) is 15.2 Å². The number of nitrogens with zero attached hydrogens (tertiary/aromatic N) is 1. The molecule has 1 fully saturated rings. The Hall–Kier alpha value is -1.85. The number of hydrogen-bond acceptors (Lipinski definition) is 3.